The maximum absolute atomic E-state index is 15.2. The van der Waals surface area contributed by atoms with Crippen LogP contribution in [0, 0.1) is 5.82 Å². The van der Waals surface area contributed by atoms with Crippen molar-refractivity contribution in [1.82, 2.24) is 23.9 Å². The van der Waals surface area contributed by atoms with E-state index in [0.717, 1.165) is 16.5 Å². The van der Waals surface area contributed by atoms with Crippen LogP contribution in [0.4, 0.5) is 10.1 Å². The highest BCUT2D eigenvalue weighted by molar-refractivity contribution is 7.92. The Kier molecular flexibility index (Phi) is 6.31. The van der Waals surface area contributed by atoms with Gasteiger partial charge in [0.15, 0.2) is 22.9 Å². The van der Waals surface area contributed by atoms with Gasteiger partial charge < -0.3 is 4.74 Å². The fourth-order valence-corrected chi connectivity index (χ4v) is 6.98. The summed E-state index contributed by atoms with van der Waals surface area (Å²) in [5.41, 5.74) is 1.88. The van der Waals surface area contributed by atoms with Gasteiger partial charge in [-0.1, -0.05) is 44.2 Å². The van der Waals surface area contributed by atoms with Crippen molar-refractivity contribution in [3.05, 3.63) is 89.8 Å². The summed E-state index contributed by atoms with van der Waals surface area (Å²) in [7, 11) is -7.31. The van der Waals surface area contributed by atoms with Crippen molar-refractivity contribution in [2.24, 2.45) is 0 Å². The summed E-state index contributed by atoms with van der Waals surface area (Å²) >= 11 is 0. The van der Waals surface area contributed by atoms with Gasteiger partial charge in [-0.15, -0.1) is 0 Å². The minimum atomic E-state index is -3.87. The van der Waals surface area contributed by atoms with Crippen molar-refractivity contribution < 1.29 is 26.0 Å². The van der Waals surface area contributed by atoms with Crippen LogP contribution in [-0.4, -0.2) is 53.3 Å². The molecule has 0 fully saturated rings. The van der Waals surface area contributed by atoms with E-state index in [1.165, 1.54) is 18.5 Å². The molecule has 14 heteroatoms. The van der Waals surface area contributed by atoms with Crippen molar-refractivity contribution in [3.8, 4) is 22.9 Å². The first kappa shape index (κ1) is 27.7. The number of hydrogen-bond acceptors (Lipinski definition) is 9. The van der Waals surface area contributed by atoms with Gasteiger partial charge in [0.1, 0.15) is 5.82 Å². The number of nitrogens with zero attached hydrogens (tertiary/aromatic N) is 5. The normalized spacial score (nSPS) is 15.1. The monoisotopic (exact) mass is 608 g/mol. The van der Waals surface area contributed by atoms with Crippen molar-refractivity contribution >= 4 is 37.0 Å². The van der Waals surface area contributed by atoms with Crippen molar-refractivity contribution in [1.29, 1.82) is 0 Å². The quantitative estimate of drug-likeness (QED) is 0.296. The van der Waals surface area contributed by atoms with E-state index in [1.54, 1.807) is 42.5 Å². The fraction of sp³-hybridized carbons (Fsp3) is 0.214. The zero-order chi connectivity index (χ0) is 30.0. The lowest BCUT2D eigenvalue weighted by molar-refractivity contribution is 0.351. The standard InChI is InChI=1S/C28H25FN6O5S2/c1-28(2,27-33-24-25(31-15-14-30-24)35(27)42(4,38)39)22-18-6-5-7-20(29)23(18)40-26-19(22)12-13-21(32-26)16-8-10-17(11-9-16)34-41(3,36)37/h5-15,22,34H,1-4H3/t22-/m0/s1. The Hall–Kier alpha value is -4.43. The summed E-state index contributed by atoms with van der Waals surface area (Å²) in [6.45, 7) is 3.65. The van der Waals surface area contributed by atoms with Crippen LogP contribution in [0.25, 0.3) is 22.6 Å². The molecule has 0 aliphatic carbocycles. The van der Waals surface area contributed by atoms with Gasteiger partial charge in [0.05, 0.1) is 18.2 Å². The van der Waals surface area contributed by atoms with Crippen LogP contribution in [-0.2, 0) is 25.5 Å². The summed E-state index contributed by atoms with van der Waals surface area (Å²) in [6, 6.07) is 14.8. The van der Waals surface area contributed by atoms with E-state index in [1.807, 2.05) is 19.9 Å². The van der Waals surface area contributed by atoms with E-state index < -0.39 is 37.2 Å². The summed E-state index contributed by atoms with van der Waals surface area (Å²) in [5, 5.41) is 0. The molecule has 0 radical (unpaired) electrons. The second kappa shape index (κ2) is 9.56. The number of para-hydroxylation sites is 1. The average molecular weight is 609 g/mol. The Morgan fingerprint density at radius 3 is 2.31 bits per heavy atom. The van der Waals surface area contributed by atoms with Gasteiger partial charge in [0, 0.05) is 46.1 Å². The molecule has 216 valence electrons. The third-order valence-corrected chi connectivity index (χ3v) is 8.69. The lowest BCUT2D eigenvalue weighted by Gasteiger charge is -2.38. The smallest absolute Gasteiger partial charge is 0.238 e. The SMILES string of the molecule is CC(C)(c1nc2nccnc2n1S(C)(=O)=O)[C@@H]1c2ccc(-c3ccc(NS(C)(=O)=O)cc3)nc2Oc2c(F)cccc21. The average Bonchev–Trinajstić information content (AvgIpc) is 3.33. The molecule has 0 saturated carbocycles. The maximum Gasteiger partial charge on any atom is 0.238 e. The summed E-state index contributed by atoms with van der Waals surface area (Å²) in [4.78, 5) is 17.7. The van der Waals surface area contributed by atoms with Crippen LogP contribution in [0.1, 0.15) is 36.7 Å². The molecule has 1 N–H and O–H groups in total. The first-order valence-electron chi connectivity index (χ1n) is 12.7. The van der Waals surface area contributed by atoms with E-state index in [9.17, 15) is 16.8 Å². The highest BCUT2D eigenvalue weighted by atomic mass is 32.2. The number of hydrogen-bond donors (Lipinski definition) is 1. The lowest BCUT2D eigenvalue weighted by Crippen LogP contribution is -2.35. The van der Waals surface area contributed by atoms with Crippen LogP contribution in [0.3, 0.4) is 0 Å². The predicted molar refractivity (Wildman–Crippen MR) is 155 cm³/mol. The number of pyridine rings is 1. The Labute approximate surface area is 241 Å². The van der Waals surface area contributed by atoms with Gasteiger partial charge in [-0.05, 0) is 24.3 Å². The number of benzene rings is 2. The van der Waals surface area contributed by atoms with Crippen LogP contribution in [0.5, 0.6) is 11.6 Å². The second-order valence-electron chi connectivity index (χ2n) is 10.6. The molecule has 0 amide bonds. The van der Waals surface area contributed by atoms with Crippen LogP contribution in [0.2, 0.25) is 0 Å². The molecule has 0 bridgehead atoms. The molecule has 11 nitrogen and oxygen atoms in total. The number of fused-ring (bicyclic) bond motifs is 3. The lowest BCUT2D eigenvalue weighted by atomic mass is 9.69. The number of anilines is 1. The third-order valence-electron chi connectivity index (χ3n) is 7.08. The molecule has 1 atom stereocenters. The number of ether oxygens (including phenoxy) is 1. The van der Waals surface area contributed by atoms with Crippen LogP contribution >= 0.6 is 0 Å². The molecule has 1 aliphatic heterocycles. The molecule has 6 rings (SSSR count). The zero-order valence-corrected chi connectivity index (χ0v) is 24.5. The second-order valence-corrected chi connectivity index (χ2v) is 14.2. The molecule has 0 saturated heterocycles. The van der Waals surface area contributed by atoms with E-state index >= 15 is 4.39 Å². The van der Waals surface area contributed by atoms with E-state index in [-0.39, 0.29) is 28.7 Å². The number of nitrogens with one attached hydrogen (secondary N) is 1. The number of sulfonamides is 1. The Bertz CT molecular complexity index is 2100. The van der Waals surface area contributed by atoms with Gasteiger partial charge in [-0.3, -0.25) is 4.72 Å². The summed E-state index contributed by atoms with van der Waals surface area (Å²) in [5.74, 6) is -0.912. The Morgan fingerprint density at radius 1 is 0.905 bits per heavy atom. The van der Waals surface area contributed by atoms with Gasteiger partial charge in [-0.2, -0.15) is 0 Å². The molecule has 4 heterocycles. The summed E-state index contributed by atoms with van der Waals surface area (Å²) < 4.78 is 73.9. The Balaban J connectivity index is 1.52. The number of rotatable bonds is 6. The number of halogens is 1. The zero-order valence-electron chi connectivity index (χ0n) is 22.9. The van der Waals surface area contributed by atoms with Gasteiger partial charge in [-0.25, -0.2) is 45.1 Å². The van der Waals surface area contributed by atoms with Gasteiger partial charge >= 0.3 is 0 Å². The van der Waals surface area contributed by atoms with Crippen LogP contribution in [0.15, 0.2) is 67.0 Å². The number of aromatic nitrogens is 5. The summed E-state index contributed by atoms with van der Waals surface area (Å²) in [6.07, 6.45) is 4.96. The number of imidazole rings is 1. The Morgan fingerprint density at radius 2 is 1.62 bits per heavy atom. The molecular formula is C28H25FN6O5S2. The van der Waals surface area contributed by atoms with Crippen molar-refractivity contribution in [2.45, 2.75) is 25.2 Å². The highest BCUT2D eigenvalue weighted by Crippen LogP contribution is 2.53. The topological polar surface area (TPSA) is 146 Å². The van der Waals surface area contributed by atoms with Crippen molar-refractivity contribution in [3.63, 3.8) is 0 Å². The molecule has 42 heavy (non-hydrogen) atoms. The third kappa shape index (κ3) is 4.75. The minimum absolute atomic E-state index is 0.0151. The molecule has 2 aromatic carbocycles. The fourth-order valence-electron chi connectivity index (χ4n) is 5.38. The largest absolute Gasteiger partial charge is 0.435 e. The van der Waals surface area contributed by atoms with E-state index in [0.29, 0.717) is 28.1 Å². The molecule has 3 aromatic heterocycles. The molecule has 0 spiro atoms. The predicted octanol–water partition coefficient (Wildman–Crippen LogP) is 4.42. The molecule has 0 unspecified atom stereocenters. The molecular weight excluding hydrogens is 583 g/mol. The van der Waals surface area contributed by atoms with Gasteiger partial charge in [0.2, 0.25) is 25.9 Å². The van der Waals surface area contributed by atoms with Crippen molar-refractivity contribution in [2.75, 3.05) is 17.2 Å². The minimum Gasteiger partial charge on any atom is -0.435 e. The van der Waals surface area contributed by atoms with E-state index in [4.69, 9.17) is 9.72 Å². The van der Waals surface area contributed by atoms with E-state index in [2.05, 4.69) is 19.7 Å². The highest BCUT2D eigenvalue weighted by Gasteiger charge is 2.45. The first-order valence-corrected chi connectivity index (χ1v) is 16.4. The first-order chi connectivity index (χ1) is 19.7. The molecule has 5 aromatic rings. The molecule has 1 aliphatic rings. The van der Waals surface area contributed by atoms with Crippen LogP contribution < -0.4 is 9.46 Å². The maximum atomic E-state index is 15.2. The van der Waals surface area contributed by atoms with Gasteiger partial charge in [0.25, 0.3) is 0 Å².